The van der Waals surface area contributed by atoms with Gasteiger partial charge >= 0.3 is 0 Å². The molecule has 2 unspecified atom stereocenters. The van der Waals surface area contributed by atoms with Gasteiger partial charge in [0.15, 0.2) is 0 Å². The molecule has 2 atom stereocenters. The minimum Gasteiger partial charge on any atom is -0.377 e. The lowest BCUT2D eigenvalue weighted by molar-refractivity contribution is 0.110. The Labute approximate surface area is 92.5 Å². The minimum absolute atomic E-state index is 0.496. The Hall–Kier alpha value is -0.820. The first-order valence-electron chi connectivity index (χ1n) is 6.06. The molecule has 1 aliphatic carbocycles. The molecule has 1 saturated heterocycles. The van der Waals surface area contributed by atoms with Crippen LogP contribution in [0.5, 0.6) is 0 Å². The van der Waals surface area contributed by atoms with Crippen molar-refractivity contribution in [3.8, 4) is 0 Å². The van der Waals surface area contributed by atoms with Crippen molar-refractivity contribution in [2.24, 2.45) is 0 Å². The predicted molar refractivity (Wildman–Crippen MR) is 63.3 cm³/mol. The summed E-state index contributed by atoms with van der Waals surface area (Å²) in [5.74, 6) is 0.705. The van der Waals surface area contributed by atoms with Gasteiger partial charge in [-0.15, -0.1) is 0 Å². The first-order chi connectivity index (χ1) is 7.36. The lowest BCUT2D eigenvalue weighted by atomic mass is 9.94. The molecule has 3 rings (SSSR count). The molecule has 1 aliphatic heterocycles. The van der Waals surface area contributed by atoms with E-state index in [0.29, 0.717) is 12.0 Å². The summed E-state index contributed by atoms with van der Waals surface area (Å²) in [6, 6.07) is 6.64. The van der Waals surface area contributed by atoms with Crippen LogP contribution in [-0.2, 0) is 11.2 Å². The summed E-state index contributed by atoms with van der Waals surface area (Å²) >= 11 is 0. The fourth-order valence-corrected chi connectivity index (χ4v) is 2.85. The Balaban J connectivity index is 0.000000404. The van der Waals surface area contributed by atoms with E-state index in [0.717, 1.165) is 13.0 Å². The van der Waals surface area contributed by atoms with E-state index in [4.69, 9.17) is 4.74 Å². The summed E-state index contributed by atoms with van der Waals surface area (Å²) < 4.78 is 5.71. The van der Waals surface area contributed by atoms with E-state index in [1.807, 2.05) is 13.8 Å². The van der Waals surface area contributed by atoms with Crippen molar-refractivity contribution in [1.29, 1.82) is 0 Å². The molecule has 0 amide bonds. The zero-order valence-electron chi connectivity index (χ0n) is 9.92. The van der Waals surface area contributed by atoms with Crippen LogP contribution in [0.25, 0.3) is 0 Å². The predicted octanol–water partition coefficient (Wildman–Crippen LogP) is 3.45. The van der Waals surface area contributed by atoms with Gasteiger partial charge in [-0.2, -0.15) is 0 Å². The van der Waals surface area contributed by atoms with E-state index < -0.39 is 0 Å². The van der Waals surface area contributed by atoms with Crippen LogP contribution >= 0.6 is 0 Å². The van der Waals surface area contributed by atoms with Gasteiger partial charge in [-0.3, -0.25) is 0 Å². The standard InChI is InChI=1S/C12H14O.C2H6/c1-8-3-2-4-9-7-11-10(12(8)9)5-6-13-11;1-2/h2-4,10-11H,5-7H2,1H3;1-2H3. The number of rotatable bonds is 0. The van der Waals surface area contributed by atoms with Crippen LogP contribution in [0.15, 0.2) is 18.2 Å². The quantitative estimate of drug-likeness (QED) is 0.629. The molecule has 1 aromatic carbocycles. The SMILES string of the molecule is CC.Cc1cccc2c1C1CCOC1C2. The molecule has 82 valence electrons. The highest BCUT2D eigenvalue weighted by atomic mass is 16.5. The Morgan fingerprint density at radius 2 is 2.07 bits per heavy atom. The highest BCUT2D eigenvalue weighted by molar-refractivity contribution is 5.43. The van der Waals surface area contributed by atoms with Gasteiger partial charge in [0.2, 0.25) is 0 Å². The van der Waals surface area contributed by atoms with Gasteiger partial charge in [-0.1, -0.05) is 32.0 Å². The molecule has 15 heavy (non-hydrogen) atoms. The van der Waals surface area contributed by atoms with Gasteiger partial charge in [0.1, 0.15) is 0 Å². The number of ether oxygens (including phenoxy) is 1. The smallest absolute Gasteiger partial charge is 0.0685 e. The molecule has 0 saturated carbocycles. The van der Waals surface area contributed by atoms with Crippen molar-refractivity contribution in [2.45, 2.75) is 45.6 Å². The topological polar surface area (TPSA) is 9.23 Å². The molecule has 1 heteroatoms. The maximum atomic E-state index is 5.71. The third-order valence-corrected chi connectivity index (χ3v) is 3.42. The third-order valence-electron chi connectivity index (χ3n) is 3.42. The molecular formula is C14H20O. The highest BCUT2D eigenvalue weighted by Gasteiger charge is 2.37. The number of fused-ring (bicyclic) bond motifs is 3. The summed E-state index contributed by atoms with van der Waals surface area (Å²) in [6.45, 7) is 7.18. The first-order valence-corrected chi connectivity index (χ1v) is 6.06. The monoisotopic (exact) mass is 204 g/mol. The Kier molecular flexibility index (Phi) is 3.11. The Morgan fingerprint density at radius 3 is 2.87 bits per heavy atom. The highest BCUT2D eigenvalue weighted by Crippen LogP contribution is 2.42. The summed E-state index contributed by atoms with van der Waals surface area (Å²) in [7, 11) is 0. The molecule has 0 N–H and O–H groups in total. The second-order valence-corrected chi connectivity index (χ2v) is 4.16. The van der Waals surface area contributed by atoms with Gasteiger partial charge in [0.25, 0.3) is 0 Å². The molecular weight excluding hydrogens is 184 g/mol. The molecule has 1 aromatic rings. The Morgan fingerprint density at radius 1 is 1.27 bits per heavy atom. The molecule has 0 radical (unpaired) electrons. The number of benzene rings is 1. The number of hydrogen-bond acceptors (Lipinski definition) is 1. The van der Waals surface area contributed by atoms with Gasteiger partial charge < -0.3 is 4.74 Å². The van der Waals surface area contributed by atoms with E-state index in [9.17, 15) is 0 Å². The van der Waals surface area contributed by atoms with Crippen LogP contribution in [-0.4, -0.2) is 12.7 Å². The molecule has 1 fully saturated rings. The molecule has 1 nitrogen and oxygen atoms in total. The second-order valence-electron chi connectivity index (χ2n) is 4.16. The van der Waals surface area contributed by atoms with E-state index in [-0.39, 0.29) is 0 Å². The summed E-state index contributed by atoms with van der Waals surface area (Å²) in [5, 5.41) is 0. The molecule has 0 bridgehead atoms. The average Bonchev–Trinajstić information content (AvgIpc) is 2.80. The van der Waals surface area contributed by atoms with Crippen molar-refractivity contribution in [1.82, 2.24) is 0 Å². The third kappa shape index (κ3) is 1.69. The van der Waals surface area contributed by atoms with Crippen LogP contribution in [0, 0.1) is 6.92 Å². The zero-order valence-corrected chi connectivity index (χ0v) is 9.92. The summed E-state index contributed by atoms with van der Waals surface area (Å²) in [4.78, 5) is 0. The number of aryl methyl sites for hydroxylation is 1. The van der Waals surface area contributed by atoms with Crippen LogP contribution in [0.1, 0.15) is 42.9 Å². The fraction of sp³-hybridized carbons (Fsp3) is 0.571. The molecule has 0 aromatic heterocycles. The maximum Gasteiger partial charge on any atom is 0.0685 e. The van der Waals surface area contributed by atoms with E-state index in [1.165, 1.54) is 17.5 Å². The van der Waals surface area contributed by atoms with Crippen LogP contribution in [0.4, 0.5) is 0 Å². The Bertz CT molecular complexity index is 343. The molecule has 0 spiro atoms. The second kappa shape index (κ2) is 4.36. The summed E-state index contributed by atoms with van der Waals surface area (Å²) in [5.41, 5.74) is 4.57. The molecule has 2 aliphatic rings. The van der Waals surface area contributed by atoms with Gasteiger partial charge in [0.05, 0.1) is 6.10 Å². The average molecular weight is 204 g/mol. The fourth-order valence-electron chi connectivity index (χ4n) is 2.85. The van der Waals surface area contributed by atoms with Crippen molar-refractivity contribution in [3.63, 3.8) is 0 Å². The van der Waals surface area contributed by atoms with Crippen LogP contribution in [0.2, 0.25) is 0 Å². The van der Waals surface area contributed by atoms with Crippen molar-refractivity contribution in [2.75, 3.05) is 6.61 Å². The molecule has 1 heterocycles. The van der Waals surface area contributed by atoms with E-state index in [1.54, 1.807) is 5.56 Å². The van der Waals surface area contributed by atoms with Gasteiger partial charge in [-0.05, 0) is 36.5 Å². The largest absolute Gasteiger partial charge is 0.377 e. The van der Waals surface area contributed by atoms with Crippen molar-refractivity contribution in [3.05, 3.63) is 34.9 Å². The summed E-state index contributed by atoms with van der Waals surface area (Å²) in [6.07, 6.45) is 2.86. The minimum atomic E-state index is 0.496. The zero-order chi connectivity index (χ0) is 10.8. The van der Waals surface area contributed by atoms with Gasteiger partial charge in [-0.25, -0.2) is 0 Å². The maximum absolute atomic E-state index is 5.71. The van der Waals surface area contributed by atoms with Crippen molar-refractivity contribution < 1.29 is 4.74 Å². The normalized spacial score (nSPS) is 26.6. The van der Waals surface area contributed by atoms with E-state index in [2.05, 4.69) is 25.1 Å². The lowest BCUT2D eigenvalue weighted by Crippen LogP contribution is -2.08. The van der Waals surface area contributed by atoms with Crippen LogP contribution in [0.3, 0.4) is 0 Å². The lowest BCUT2D eigenvalue weighted by Gasteiger charge is -2.10. The van der Waals surface area contributed by atoms with Crippen LogP contribution < -0.4 is 0 Å². The van der Waals surface area contributed by atoms with E-state index >= 15 is 0 Å². The first kappa shape index (κ1) is 10.7. The number of hydrogen-bond donors (Lipinski definition) is 0. The van der Waals surface area contributed by atoms with Crippen molar-refractivity contribution >= 4 is 0 Å². The van der Waals surface area contributed by atoms with Gasteiger partial charge in [0, 0.05) is 12.5 Å².